The SMILES string of the molecule is O=C=C1Nc2ccc(Cl)c(Cl)c2N1. The van der Waals surface area contributed by atoms with Crippen LogP contribution >= 0.6 is 23.2 Å². The Morgan fingerprint density at radius 3 is 2.69 bits per heavy atom. The van der Waals surface area contributed by atoms with E-state index in [1.165, 1.54) is 0 Å². The van der Waals surface area contributed by atoms with Crippen LogP contribution < -0.4 is 10.6 Å². The minimum atomic E-state index is 0.249. The van der Waals surface area contributed by atoms with E-state index in [0.29, 0.717) is 15.7 Å². The van der Waals surface area contributed by atoms with Gasteiger partial charge in [0.15, 0.2) is 11.8 Å². The van der Waals surface area contributed by atoms with Crippen LogP contribution in [0.4, 0.5) is 11.4 Å². The third-order valence-corrected chi connectivity index (χ3v) is 2.51. The van der Waals surface area contributed by atoms with Gasteiger partial charge in [-0.05, 0) is 12.1 Å². The van der Waals surface area contributed by atoms with Gasteiger partial charge in [0, 0.05) is 0 Å². The van der Waals surface area contributed by atoms with E-state index in [-0.39, 0.29) is 5.82 Å². The molecule has 1 heterocycles. The lowest BCUT2D eigenvalue weighted by Gasteiger charge is -2.01. The van der Waals surface area contributed by atoms with Crippen molar-refractivity contribution in [3.8, 4) is 0 Å². The van der Waals surface area contributed by atoms with Crippen molar-refractivity contribution in [3.63, 3.8) is 0 Å². The van der Waals surface area contributed by atoms with E-state index in [4.69, 9.17) is 23.2 Å². The van der Waals surface area contributed by atoms with Crippen molar-refractivity contribution < 1.29 is 4.79 Å². The second-order valence-electron chi connectivity index (χ2n) is 2.51. The largest absolute Gasteiger partial charge is 0.331 e. The van der Waals surface area contributed by atoms with Gasteiger partial charge >= 0.3 is 0 Å². The Balaban J connectivity index is 2.58. The minimum absolute atomic E-state index is 0.249. The molecular formula is C8H4Cl2N2O. The topological polar surface area (TPSA) is 41.1 Å². The average Bonchev–Trinajstić information content (AvgIpc) is 2.55. The summed E-state index contributed by atoms with van der Waals surface area (Å²) in [7, 11) is 0. The molecule has 2 rings (SSSR count). The molecule has 0 spiro atoms. The summed E-state index contributed by atoms with van der Waals surface area (Å²) in [6.45, 7) is 0. The molecule has 0 amide bonds. The van der Waals surface area contributed by atoms with Gasteiger partial charge in [-0.15, -0.1) is 0 Å². The standard InChI is InChI=1S/C8H4Cl2N2O/c9-4-1-2-5-8(7(4)10)12-6(3-13)11-5/h1-2,11-12H. The summed E-state index contributed by atoms with van der Waals surface area (Å²) in [4.78, 5) is 10.3. The number of fused-ring (bicyclic) bond motifs is 1. The molecule has 1 aromatic rings. The number of rotatable bonds is 0. The van der Waals surface area contributed by atoms with Crippen LogP contribution in [0, 0.1) is 0 Å². The Morgan fingerprint density at radius 2 is 2.00 bits per heavy atom. The van der Waals surface area contributed by atoms with Crippen LogP contribution in [-0.2, 0) is 4.79 Å². The van der Waals surface area contributed by atoms with E-state index in [2.05, 4.69) is 10.6 Å². The fraction of sp³-hybridized carbons (Fsp3) is 0. The molecule has 0 atom stereocenters. The number of halogens is 2. The summed E-state index contributed by atoms with van der Waals surface area (Å²) in [6, 6.07) is 3.39. The predicted molar refractivity (Wildman–Crippen MR) is 52.9 cm³/mol. The Kier molecular flexibility index (Phi) is 1.93. The lowest BCUT2D eigenvalue weighted by molar-refractivity contribution is 0.567. The highest BCUT2D eigenvalue weighted by molar-refractivity contribution is 6.44. The van der Waals surface area contributed by atoms with Crippen LogP contribution in [0.1, 0.15) is 0 Å². The van der Waals surface area contributed by atoms with E-state index < -0.39 is 0 Å². The van der Waals surface area contributed by atoms with Gasteiger partial charge in [0.1, 0.15) is 0 Å². The third-order valence-electron chi connectivity index (χ3n) is 1.71. The lowest BCUT2D eigenvalue weighted by atomic mass is 10.3. The van der Waals surface area contributed by atoms with Crippen LogP contribution in [0.5, 0.6) is 0 Å². The first-order chi connectivity index (χ1) is 6.22. The fourth-order valence-electron chi connectivity index (χ4n) is 1.12. The summed E-state index contributed by atoms with van der Waals surface area (Å²) >= 11 is 11.7. The first kappa shape index (κ1) is 8.45. The monoisotopic (exact) mass is 214 g/mol. The number of nitrogens with one attached hydrogen (secondary N) is 2. The van der Waals surface area contributed by atoms with Crippen molar-refractivity contribution in [2.45, 2.75) is 0 Å². The van der Waals surface area contributed by atoms with Gasteiger partial charge in [-0.1, -0.05) is 23.2 Å². The molecule has 1 aromatic carbocycles. The lowest BCUT2D eigenvalue weighted by Crippen LogP contribution is -1.98. The van der Waals surface area contributed by atoms with E-state index in [0.717, 1.165) is 5.69 Å². The highest BCUT2D eigenvalue weighted by atomic mass is 35.5. The summed E-state index contributed by atoms with van der Waals surface area (Å²) in [5.74, 6) is 1.95. The normalized spacial score (nSPS) is 12.9. The molecule has 0 radical (unpaired) electrons. The molecule has 0 fully saturated rings. The molecule has 0 saturated heterocycles. The second kappa shape index (κ2) is 2.96. The van der Waals surface area contributed by atoms with Gasteiger partial charge in [0.25, 0.3) is 0 Å². The van der Waals surface area contributed by atoms with Crippen molar-refractivity contribution in [1.29, 1.82) is 0 Å². The van der Waals surface area contributed by atoms with Crippen molar-refractivity contribution in [1.82, 2.24) is 0 Å². The number of benzene rings is 1. The van der Waals surface area contributed by atoms with E-state index >= 15 is 0 Å². The Hall–Kier alpha value is -1.15. The number of hydrogen-bond acceptors (Lipinski definition) is 3. The molecule has 0 bridgehead atoms. The number of carbonyl (C=O) groups excluding carboxylic acids is 1. The maximum Gasteiger partial charge on any atom is 0.195 e. The zero-order chi connectivity index (χ0) is 9.42. The predicted octanol–water partition coefficient (Wildman–Crippen LogP) is 2.50. The van der Waals surface area contributed by atoms with Gasteiger partial charge < -0.3 is 10.6 Å². The van der Waals surface area contributed by atoms with Crippen molar-refractivity contribution in [2.75, 3.05) is 10.6 Å². The highest BCUT2D eigenvalue weighted by Gasteiger charge is 2.18. The van der Waals surface area contributed by atoms with E-state index in [9.17, 15) is 4.79 Å². The molecule has 2 N–H and O–H groups in total. The van der Waals surface area contributed by atoms with Crippen LogP contribution in [0.25, 0.3) is 0 Å². The van der Waals surface area contributed by atoms with Gasteiger partial charge in [-0.25, -0.2) is 4.79 Å². The van der Waals surface area contributed by atoms with Crippen LogP contribution in [0.15, 0.2) is 18.0 Å². The van der Waals surface area contributed by atoms with Gasteiger partial charge in [-0.2, -0.15) is 0 Å². The van der Waals surface area contributed by atoms with E-state index in [1.807, 2.05) is 0 Å². The summed E-state index contributed by atoms with van der Waals surface area (Å²) in [6.07, 6.45) is 0. The van der Waals surface area contributed by atoms with E-state index in [1.54, 1.807) is 18.1 Å². The summed E-state index contributed by atoms with van der Waals surface area (Å²) in [5.41, 5.74) is 1.35. The molecule has 0 aromatic heterocycles. The zero-order valence-electron chi connectivity index (χ0n) is 6.32. The Morgan fingerprint density at radius 1 is 1.23 bits per heavy atom. The summed E-state index contributed by atoms with van der Waals surface area (Å²) in [5, 5.41) is 6.40. The first-order valence-electron chi connectivity index (χ1n) is 3.49. The van der Waals surface area contributed by atoms with Gasteiger partial charge in [-0.3, -0.25) is 0 Å². The Bertz CT molecular complexity index is 424. The molecule has 13 heavy (non-hydrogen) atoms. The average molecular weight is 215 g/mol. The second-order valence-corrected chi connectivity index (χ2v) is 3.30. The van der Waals surface area contributed by atoms with Crippen LogP contribution in [-0.4, -0.2) is 5.94 Å². The molecule has 1 aliphatic rings. The molecular weight excluding hydrogens is 211 g/mol. The highest BCUT2D eigenvalue weighted by Crippen LogP contribution is 2.40. The van der Waals surface area contributed by atoms with Crippen LogP contribution in [0.2, 0.25) is 10.0 Å². The molecule has 3 nitrogen and oxygen atoms in total. The third kappa shape index (κ3) is 1.27. The molecule has 1 aliphatic heterocycles. The summed E-state index contributed by atoms with van der Waals surface area (Å²) < 4.78 is 0. The maximum atomic E-state index is 10.3. The van der Waals surface area contributed by atoms with Gasteiger partial charge in [0.2, 0.25) is 0 Å². The maximum absolute atomic E-state index is 10.3. The first-order valence-corrected chi connectivity index (χ1v) is 4.25. The minimum Gasteiger partial charge on any atom is -0.331 e. The molecule has 0 saturated carbocycles. The van der Waals surface area contributed by atoms with Crippen molar-refractivity contribution in [3.05, 3.63) is 28.0 Å². The van der Waals surface area contributed by atoms with Crippen LogP contribution in [0.3, 0.4) is 0 Å². The molecule has 66 valence electrons. The van der Waals surface area contributed by atoms with Crippen molar-refractivity contribution >= 4 is 40.5 Å². The number of anilines is 2. The number of hydrogen-bond donors (Lipinski definition) is 2. The molecule has 5 heteroatoms. The quantitative estimate of drug-likeness (QED) is 0.653. The fourth-order valence-corrected chi connectivity index (χ4v) is 1.49. The van der Waals surface area contributed by atoms with Crippen molar-refractivity contribution in [2.24, 2.45) is 0 Å². The zero-order valence-corrected chi connectivity index (χ0v) is 7.83. The molecule has 0 aliphatic carbocycles. The smallest absolute Gasteiger partial charge is 0.195 e. The van der Waals surface area contributed by atoms with Gasteiger partial charge in [0.05, 0.1) is 21.4 Å². The molecule has 0 unspecified atom stereocenters. The Labute approximate surface area is 84.3 Å².